The first-order valence-electron chi connectivity index (χ1n) is 7.35. The Morgan fingerprint density at radius 2 is 1.79 bits per heavy atom. The molecular formula is C18H16ClN3O2. The standard InChI is InChI=1S/C18H16ClN3O2/c1-20-18(23)16-11-17(12-3-9-15(24-2)10-4-12)22(21-16)14-7-5-13(19)6-8-14/h3-11H,1-2H3,(H,20,23). The molecular weight excluding hydrogens is 326 g/mol. The van der Waals surface area contributed by atoms with Gasteiger partial charge in [-0.15, -0.1) is 0 Å². The molecule has 6 heteroatoms. The molecule has 24 heavy (non-hydrogen) atoms. The van der Waals surface area contributed by atoms with Gasteiger partial charge in [0.25, 0.3) is 5.91 Å². The Hall–Kier alpha value is -2.79. The average molecular weight is 342 g/mol. The van der Waals surface area contributed by atoms with E-state index in [-0.39, 0.29) is 5.91 Å². The molecule has 122 valence electrons. The van der Waals surface area contributed by atoms with Crippen LogP contribution in [0.5, 0.6) is 5.75 Å². The van der Waals surface area contributed by atoms with Crippen LogP contribution in [0.1, 0.15) is 10.5 Å². The maximum atomic E-state index is 12.0. The molecule has 3 rings (SSSR count). The first-order valence-corrected chi connectivity index (χ1v) is 7.72. The molecule has 3 aromatic rings. The highest BCUT2D eigenvalue weighted by molar-refractivity contribution is 6.30. The maximum absolute atomic E-state index is 12.0. The highest BCUT2D eigenvalue weighted by Crippen LogP contribution is 2.26. The quantitative estimate of drug-likeness (QED) is 0.789. The topological polar surface area (TPSA) is 56.1 Å². The van der Waals surface area contributed by atoms with Crippen molar-refractivity contribution in [3.05, 3.63) is 65.3 Å². The van der Waals surface area contributed by atoms with Crippen LogP contribution in [-0.2, 0) is 0 Å². The lowest BCUT2D eigenvalue weighted by molar-refractivity contribution is 0.0957. The number of hydrogen-bond donors (Lipinski definition) is 1. The van der Waals surface area contributed by atoms with Gasteiger partial charge in [0.15, 0.2) is 5.69 Å². The van der Waals surface area contributed by atoms with Crippen LogP contribution in [0.15, 0.2) is 54.6 Å². The van der Waals surface area contributed by atoms with Gasteiger partial charge < -0.3 is 10.1 Å². The third-order valence-electron chi connectivity index (χ3n) is 3.63. The van der Waals surface area contributed by atoms with Crippen LogP contribution in [-0.4, -0.2) is 29.8 Å². The van der Waals surface area contributed by atoms with Gasteiger partial charge in [0.05, 0.1) is 18.5 Å². The number of ether oxygens (including phenoxy) is 1. The molecule has 0 unspecified atom stereocenters. The average Bonchev–Trinajstić information content (AvgIpc) is 3.07. The predicted molar refractivity (Wildman–Crippen MR) is 94.0 cm³/mol. The molecule has 5 nitrogen and oxygen atoms in total. The van der Waals surface area contributed by atoms with Gasteiger partial charge in [-0.2, -0.15) is 5.10 Å². The number of carbonyl (C=O) groups excluding carboxylic acids is 1. The summed E-state index contributed by atoms with van der Waals surface area (Å²) >= 11 is 5.96. The second-order valence-electron chi connectivity index (χ2n) is 5.11. The Morgan fingerprint density at radius 1 is 1.12 bits per heavy atom. The van der Waals surface area contributed by atoms with E-state index in [2.05, 4.69) is 10.4 Å². The smallest absolute Gasteiger partial charge is 0.271 e. The summed E-state index contributed by atoms with van der Waals surface area (Å²) in [6.07, 6.45) is 0. The van der Waals surface area contributed by atoms with Crippen LogP contribution in [0, 0.1) is 0 Å². The van der Waals surface area contributed by atoms with Crippen molar-refractivity contribution in [3.8, 4) is 22.7 Å². The van der Waals surface area contributed by atoms with Crippen molar-refractivity contribution in [2.75, 3.05) is 14.2 Å². The Labute approximate surface area is 144 Å². The van der Waals surface area contributed by atoms with Gasteiger partial charge in [0.1, 0.15) is 5.75 Å². The number of amides is 1. The lowest BCUT2D eigenvalue weighted by Crippen LogP contribution is -2.18. The second kappa shape index (κ2) is 6.76. The SMILES string of the molecule is CNC(=O)c1cc(-c2ccc(OC)cc2)n(-c2ccc(Cl)cc2)n1. The Kier molecular flexibility index (Phi) is 4.53. The first-order chi connectivity index (χ1) is 11.6. The zero-order valence-electron chi connectivity index (χ0n) is 13.3. The largest absolute Gasteiger partial charge is 0.497 e. The summed E-state index contributed by atoms with van der Waals surface area (Å²) in [6, 6.07) is 16.6. The molecule has 1 amide bonds. The molecule has 0 fully saturated rings. The van der Waals surface area contributed by atoms with Gasteiger partial charge in [0.2, 0.25) is 0 Å². The highest BCUT2D eigenvalue weighted by atomic mass is 35.5. The summed E-state index contributed by atoms with van der Waals surface area (Å²) < 4.78 is 6.92. The lowest BCUT2D eigenvalue weighted by atomic mass is 10.1. The number of nitrogens with one attached hydrogen (secondary N) is 1. The summed E-state index contributed by atoms with van der Waals surface area (Å²) in [5, 5.41) is 7.67. The summed E-state index contributed by atoms with van der Waals surface area (Å²) in [4.78, 5) is 12.0. The fourth-order valence-corrected chi connectivity index (χ4v) is 2.49. The molecule has 0 aliphatic rings. The molecule has 0 saturated heterocycles. The van der Waals surface area contributed by atoms with E-state index in [4.69, 9.17) is 16.3 Å². The van der Waals surface area contributed by atoms with E-state index in [0.29, 0.717) is 10.7 Å². The first kappa shape index (κ1) is 16.1. The molecule has 0 aliphatic carbocycles. The molecule has 1 aromatic heterocycles. The van der Waals surface area contributed by atoms with Crippen LogP contribution in [0.3, 0.4) is 0 Å². The molecule has 2 aromatic carbocycles. The van der Waals surface area contributed by atoms with E-state index in [1.807, 2.05) is 36.4 Å². The minimum Gasteiger partial charge on any atom is -0.497 e. The van der Waals surface area contributed by atoms with Crippen molar-refractivity contribution in [3.63, 3.8) is 0 Å². The fourth-order valence-electron chi connectivity index (χ4n) is 2.37. The molecule has 1 heterocycles. The maximum Gasteiger partial charge on any atom is 0.271 e. The number of methoxy groups -OCH3 is 1. The van der Waals surface area contributed by atoms with Crippen LogP contribution in [0.2, 0.25) is 5.02 Å². The minimum absolute atomic E-state index is 0.238. The number of aromatic nitrogens is 2. The number of hydrogen-bond acceptors (Lipinski definition) is 3. The summed E-state index contributed by atoms with van der Waals surface area (Å²) in [5.74, 6) is 0.528. The number of benzene rings is 2. The van der Waals surface area contributed by atoms with Crippen LogP contribution in [0.25, 0.3) is 16.9 Å². The number of carbonyl (C=O) groups is 1. The molecule has 0 saturated carbocycles. The fraction of sp³-hybridized carbons (Fsp3) is 0.111. The summed E-state index contributed by atoms with van der Waals surface area (Å²) in [6.45, 7) is 0. The monoisotopic (exact) mass is 341 g/mol. The summed E-state index contributed by atoms with van der Waals surface area (Å²) in [7, 11) is 3.20. The number of nitrogens with zero attached hydrogens (tertiary/aromatic N) is 2. The minimum atomic E-state index is -0.238. The van der Waals surface area contributed by atoms with E-state index in [9.17, 15) is 4.79 Å². The van der Waals surface area contributed by atoms with Crippen molar-refractivity contribution in [2.24, 2.45) is 0 Å². The van der Waals surface area contributed by atoms with Gasteiger partial charge in [-0.25, -0.2) is 4.68 Å². The molecule has 0 aliphatic heterocycles. The van der Waals surface area contributed by atoms with Crippen LogP contribution >= 0.6 is 11.6 Å². The highest BCUT2D eigenvalue weighted by Gasteiger charge is 2.16. The molecule has 0 atom stereocenters. The Morgan fingerprint density at radius 3 is 2.38 bits per heavy atom. The van der Waals surface area contributed by atoms with Crippen molar-refractivity contribution in [1.29, 1.82) is 0 Å². The molecule has 1 N–H and O–H groups in total. The second-order valence-corrected chi connectivity index (χ2v) is 5.55. The van der Waals surface area contributed by atoms with Crippen LogP contribution in [0.4, 0.5) is 0 Å². The Balaban J connectivity index is 2.13. The third-order valence-corrected chi connectivity index (χ3v) is 3.88. The van der Waals surface area contributed by atoms with E-state index in [1.165, 1.54) is 0 Å². The molecule has 0 bridgehead atoms. The van der Waals surface area contributed by atoms with Gasteiger partial charge in [-0.05, 0) is 54.6 Å². The van der Waals surface area contributed by atoms with Crippen molar-refractivity contribution < 1.29 is 9.53 Å². The number of rotatable bonds is 4. The van der Waals surface area contributed by atoms with E-state index < -0.39 is 0 Å². The predicted octanol–water partition coefficient (Wildman–Crippen LogP) is 3.56. The zero-order valence-corrected chi connectivity index (χ0v) is 14.0. The third kappa shape index (κ3) is 3.12. The normalized spacial score (nSPS) is 10.5. The van der Waals surface area contributed by atoms with Crippen molar-refractivity contribution >= 4 is 17.5 Å². The van der Waals surface area contributed by atoms with Gasteiger partial charge in [-0.3, -0.25) is 4.79 Å². The number of halogens is 1. The van der Waals surface area contributed by atoms with Crippen molar-refractivity contribution in [2.45, 2.75) is 0 Å². The summed E-state index contributed by atoms with van der Waals surface area (Å²) in [5.41, 5.74) is 2.89. The van der Waals surface area contributed by atoms with E-state index in [0.717, 1.165) is 22.7 Å². The lowest BCUT2D eigenvalue weighted by Gasteiger charge is -2.08. The van der Waals surface area contributed by atoms with Gasteiger partial charge in [-0.1, -0.05) is 11.6 Å². The zero-order chi connectivity index (χ0) is 17.1. The molecule has 0 radical (unpaired) electrons. The molecule has 0 spiro atoms. The van der Waals surface area contributed by atoms with Gasteiger partial charge >= 0.3 is 0 Å². The van der Waals surface area contributed by atoms with E-state index >= 15 is 0 Å². The van der Waals surface area contributed by atoms with Crippen molar-refractivity contribution in [1.82, 2.24) is 15.1 Å². The van der Waals surface area contributed by atoms with Gasteiger partial charge in [0, 0.05) is 17.6 Å². The van der Waals surface area contributed by atoms with E-state index in [1.54, 1.807) is 37.0 Å². The van der Waals surface area contributed by atoms with Crippen LogP contribution < -0.4 is 10.1 Å². The Bertz CT molecular complexity index is 855.